The Bertz CT molecular complexity index is 531. The molecule has 0 aromatic rings. The SMILES string of the molecule is BrC1=CCCCC1C1CCCC=C1Br.BrC1=CCCCC1C1CCCC=C1Br. The Morgan fingerprint density at radius 3 is 0.821 bits per heavy atom. The highest BCUT2D eigenvalue weighted by Gasteiger charge is 2.29. The number of hydrogen-bond acceptors (Lipinski definition) is 0. The molecule has 0 amide bonds. The first-order chi connectivity index (χ1) is 13.6. The molecule has 0 aromatic carbocycles. The van der Waals surface area contributed by atoms with E-state index in [1.807, 2.05) is 0 Å². The van der Waals surface area contributed by atoms with Crippen molar-refractivity contribution in [3.63, 3.8) is 0 Å². The van der Waals surface area contributed by atoms with E-state index in [4.69, 9.17) is 0 Å². The molecule has 0 N–H and O–H groups in total. The molecule has 0 spiro atoms. The van der Waals surface area contributed by atoms with Crippen molar-refractivity contribution >= 4 is 63.7 Å². The van der Waals surface area contributed by atoms with Crippen molar-refractivity contribution in [2.75, 3.05) is 0 Å². The van der Waals surface area contributed by atoms with E-state index >= 15 is 0 Å². The number of allylic oxidation sites excluding steroid dienone is 8. The van der Waals surface area contributed by atoms with E-state index in [1.165, 1.54) is 95.0 Å². The fraction of sp³-hybridized carbons (Fsp3) is 0.667. The van der Waals surface area contributed by atoms with Gasteiger partial charge in [-0.1, -0.05) is 88.0 Å². The van der Waals surface area contributed by atoms with Crippen LogP contribution in [-0.2, 0) is 0 Å². The van der Waals surface area contributed by atoms with Crippen LogP contribution in [0.1, 0.15) is 77.0 Å². The zero-order valence-corrected chi connectivity index (χ0v) is 23.0. The van der Waals surface area contributed by atoms with Gasteiger partial charge in [-0.3, -0.25) is 0 Å². The van der Waals surface area contributed by atoms with Crippen LogP contribution in [0.15, 0.2) is 42.2 Å². The van der Waals surface area contributed by atoms with Crippen LogP contribution in [0.3, 0.4) is 0 Å². The lowest BCUT2D eigenvalue weighted by atomic mass is 9.79. The van der Waals surface area contributed by atoms with Crippen molar-refractivity contribution in [3.05, 3.63) is 42.2 Å². The summed E-state index contributed by atoms with van der Waals surface area (Å²) in [7, 11) is 0. The van der Waals surface area contributed by atoms with Crippen molar-refractivity contribution < 1.29 is 0 Å². The van der Waals surface area contributed by atoms with Gasteiger partial charge in [-0.15, -0.1) is 0 Å². The Balaban J connectivity index is 0.000000161. The van der Waals surface area contributed by atoms with Gasteiger partial charge in [0.2, 0.25) is 0 Å². The predicted octanol–water partition coefficient (Wildman–Crippen LogP) is 10.3. The molecule has 0 aromatic heterocycles. The number of hydrogen-bond donors (Lipinski definition) is 0. The summed E-state index contributed by atoms with van der Waals surface area (Å²) in [5.41, 5.74) is 0. The van der Waals surface area contributed by atoms with Gasteiger partial charge in [0, 0.05) is 0 Å². The maximum atomic E-state index is 3.73. The first-order valence-electron chi connectivity index (χ1n) is 11.0. The second kappa shape index (κ2) is 12.1. The minimum atomic E-state index is 0.745. The Morgan fingerprint density at radius 2 is 0.643 bits per heavy atom. The Hall–Kier alpha value is 0.880. The lowest BCUT2D eigenvalue weighted by Gasteiger charge is -2.31. The van der Waals surface area contributed by atoms with Gasteiger partial charge in [0.25, 0.3) is 0 Å². The lowest BCUT2D eigenvalue weighted by Crippen LogP contribution is -2.19. The molecule has 0 saturated carbocycles. The molecular weight excluding hydrogens is 608 g/mol. The van der Waals surface area contributed by atoms with Gasteiger partial charge in [0.05, 0.1) is 0 Å². The van der Waals surface area contributed by atoms with E-state index < -0.39 is 0 Å². The zero-order chi connectivity index (χ0) is 19.9. The van der Waals surface area contributed by atoms with Crippen molar-refractivity contribution in [1.82, 2.24) is 0 Å². The van der Waals surface area contributed by atoms with Crippen LogP contribution in [0.25, 0.3) is 0 Å². The molecule has 4 unspecified atom stereocenters. The Morgan fingerprint density at radius 1 is 0.429 bits per heavy atom. The van der Waals surface area contributed by atoms with Gasteiger partial charge in [-0.25, -0.2) is 0 Å². The summed E-state index contributed by atoms with van der Waals surface area (Å²) in [6.07, 6.45) is 25.3. The first-order valence-corrected chi connectivity index (χ1v) is 14.2. The number of halogens is 4. The van der Waals surface area contributed by atoms with Crippen LogP contribution in [0, 0.1) is 23.7 Å². The topological polar surface area (TPSA) is 0 Å². The molecule has 0 nitrogen and oxygen atoms in total. The van der Waals surface area contributed by atoms with Gasteiger partial charge in [0.15, 0.2) is 0 Å². The minimum Gasteiger partial charge on any atom is -0.0741 e. The quantitative estimate of drug-likeness (QED) is 0.282. The van der Waals surface area contributed by atoms with Crippen molar-refractivity contribution in [1.29, 1.82) is 0 Å². The standard InChI is InChI=1S/2C12H16Br2/c2*13-11-7-3-1-5-9(11)10-6-2-4-8-12(10)14/h2*7-10H,1-6H2. The third-order valence-electron chi connectivity index (χ3n) is 6.62. The molecule has 156 valence electrons. The first kappa shape index (κ1) is 23.5. The summed E-state index contributed by atoms with van der Waals surface area (Å²) in [6, 6.07) is 0. The van der Waals surface area contributed by atoms with Gasteiger partial charge in [-0.05, 0) is 119 Å². The monoisotopic (exact) mass is 636 g/mol. The minimum absolute atomic E-state index is 0.745. The van der Waals surface area contributed by atoms with Crippen LogP contribution < -0.4 is 0 Å². The van der Waals surface area contributed by atoms with Gasteiger partial charge in [-0.2, -0.15) is 0 Å². The summed E-state index contributed by atoms with van der Waals surface area (Å²) in [5, 5.41) is 0. The molecular formula is C24H32Br4. The van der Waals surface area contributed by atoms with E-state index in [-0.39, 0.29) is 0 Å². The molecule has 4 rings (SSSR count). The van der Waals surface area contributed by atoms with Crippen LogP contribution >= 0.6 is 63.7 Å². The molecule has 0 saturated heterocycles. The Kier molecular flexibility index (Phi) is 10.1. The summed E-state index contributed by atoms with van der Waals surface area (Å²) < 4.78 is 5.78. The average molecular weight is 640 g/mol. The van der Waals surface area contributed by atoms with Gasteiger partial charge >= 0.3 is 0 Å². The summed E-state index contributed by atoms with van der Waals surface area (Å²) in [5.74, 6) is 2.98. The van der Waals surface area contributed by atoms with E-state index in [1.54, 1.807) is 0 Å². The zero-order valence-electron chi connectivity index (χ0n) is 16.6. The van der Waals surface area contributed by atoms with Crippen molar-refractivity contribution in [3.8, 4) is 0 Å². The van der Waals surface area contributed by atoms with Gasteiger partial charge < -0.3 is 0 Å². The van der Waals surface area contributed by atoms with E-state index in [0.29, 0.717) is 0 Å². The lowest BCUT2D eigenvalue weighted by molar-refractivity contribution is 0.374. The molecule has 4 aliphatic rings. The fourth-order valence-electron chi connectivity index (χ4n) is 5.04. The third kappa shape index (κ3) is 6.44. The smallest absolute Gasteiger partial charge is 0.00249 e. The highest BCUT2D eigenvalue weighted by molar-refractivity contribution is 9.12. The molecule has 4 heteroatoms. The second-order valence-electron chi connectivity index (χ2n) is 8.51. The van der Waals surface area contributed by atoms with Crippen LogP contribution in [0.4, 0.5) is 0 Å². The average Bonchev–Trinajstić information content (AvgIpc) is 2.71. The predicted molar refractivity (Wildman–Crippen MR) is 137 cm³/mol. The van der Waals surface area contributed by atoms with Crippen molar-refractivity contribution in [2.24, 2.45) is 23.7 Å². The maximum Gasteiger partial charge on any atom is -0.00249 e. The summed E-state index contributed by atoms with van der Waals surface area (Å²) >= 11 is 14.9. The molecule has 4 atom stereocenters. The van der Waals surface area contributed by atoms with Gasteiger partial charge in [0.1, 0.15) is 0 Å². The largest absolute Gasteiger partial charge is 0.0741 e. The Labute approximate surface area is 205 Å². The molecule has 0 heterocycles. The number of rotatable bonds is 2. The molecule has 28 heavy (non-hydrogen) atoms. The second-order valence-corrected chi connectivity index (χ2v) is 12.2. The molecule has 0 radical (unpaired) electrons. The fourth-order valence-corrected chi connectivity index (χ4v) is 8.15. The molecule has 0 fully saturated rings. The maximum absolute atomic E-state index is 3.73. The molecule has 4 aliphatic carbocycles. The van der Waals surface area contributed by atoms with E-state index in [2.05, 4.69) is 88.0 Å². The summed E-state index contributed by atoms with van der Waals surface area (Å²) in [4.78, 5) is 0. The highest BCUT2D eigenvalue weighted by atomic mass is 79.9. The van der Waals surface area contributed by atoms with Crippen LogP contribution in [-0.4, -0.2) is 0 Å². The normalized spacial score (nSPS) is 33.6. The van der Waals surface area contributed by atoms with E-state index in [0.717, 1.165) is 23.7 Å². The molecule has 0 bridgehead atoms. The van der Waals surface area contributed by atoms with E-state index in [9.17, 15) is 0 Å². The van der Waals surface area contributed by atoms with Crippen LogP contribution in [0.2, 0.25) is 0 Å². The third-order valence-corrected chi connectivity index (χ3v) is 10.3. The molecule has 0 aliphatic heterocycles. The highest BCUT2D eigenvalue weighted by Crippen LogP contribution is 2.44. The summed E-state index contributed by atoms with van der Waals surface area (Å²) in [6.45, 7) is 0. The van der Waals surface area contributed by atoms with Crippen molar-refractivity contribution in [2.45, 2.75) is 77.0 Å². The van der Waals surface area contributed by atoms with Crippen LogP contribution in [0.5, 0.6) is 0 Å².